The summed E-state index contributed by atoms with van der Waals surface area (Å²) in [4.78, 5) is 16.8. The first-order valence-corrected chi connectivity index (χ1v) is 9.94. The zero-order valence-corrected chi connectivity index (χ0v) is 16.9. The monoisotopic (exact) mass is 436 g/mol. The van der Waals surface area contributed by atoms with Crippen LogP contribution in [0.15, 0.2) is 66.9 Å². The molecule has 1 atom stereocenters. The summed E-state index contributed by atoms with van der Waals surface area (Å²) < 4.78 is 46.4. The number of hydrogen-bond acceptors (Lipinski definition) is 3. The predicted octanol–water partition coefficient (Wildman–Crippen LogP) is 4.37. The van der Waals surface area contributed by atoms with E-state index in [1.54, 1.807) is 18.3 Å². The molecule has 4 nitrogen and oxygen atoms in total. The number of halogens is 3. The molecule has 3 aromatic rings. The van der Waals surface area contributed by atoms with Crippen LogP contribution >= 0.6 is 0 Å². The van der Waals surface area contributed by atoms with Gasteiger partial charge in [0.25, 0.3) is 12.3 Å². The van der Waals surface area contributed by atoms with E-state index in [9.17, 15) is 18.0 Å². The average Bonchev–Trinajstić information content (AvgIpc) is 2.82. The van der Waals surface area contributed by atoms with E-state index in [1.165, 1.54) is 18.2 Å². The number of pyridine rings is 1. The Morgan fingerprint density at radius 3 is 2.66 bits per heavy atom. The van der Waals surface area contributed by atoms with Crippen molar-refractivity contribution in [2.24, 2.45) is 0 Å². The van der Waals surface area contributed by atoms with Crippen molar-refractivity contribution in [1.82, 2.24) is 10.3 Å². The summed E-state index contributed by atoms with van der Waals surface area (Å²) in [6.45, 7) is -0.616. The number of carbonyl (C=O) groups excluding carboxylic acids is 1. The molecule has 0 fully saturated rings. The molecular formula is C25H19F3N2O2. The highest BCUT2D eigenvalue weighted by atomic mass is 19.3. The number of benzene rings is 2. The molecule has 1 aliphatic rings. The highest BCUT2D eigenvalue weighted by Crippen LogP contribution is 2.39. The maximum atomic E-state index is 14.8. The predicted molar refractivity (Wildman–Crippen MR) is 113 cm³/mol. The number of aromatic nitrogens is 1. The number of hydrogen-bond donors (Lipinski definition) is 1. The van der Waals surface area contributed by atoms with Crippen LogP contribution in [0, 0.1) is 11.8 Å². The second-order valence-corrected chi connectivity index (χ2v) is 7.36. The maximum absolute atomic E-state index is 14.8. The number of fused-ring (bicyclic) bond motifs is 1. The van der Waals surface area contributed by atoms with Crippen LogP contribution in [0.5, 0.6) is 0 Å². The van der Waals surface area contributed by atoms with E-state index in [1.807, 2.05) is 30.3 Å². The standard InChI is InChI=1S/C25H19F3N2O2/c26-24(27)25(28)16-32-15-20-9-8-19(13-22(20)25)23(31)30-14-21-12-18(10-11-29-21)7-6-17-4-2-1-3-5-17/h1-5,8-13,24H,14-16H2,(H,30,31)/t25-/m1/s1. The minimum atomic E-state index is -3.26. The Bertz CT molecular complexity index is 1190. The zero-order valence-electron chi connectivity index (χ0n) is 16.9. The molecule has 1 N–H and O–H groups in total. The molecule has 0 bridgehead atoms. The van der Waals surface area contributed by atoms with Crippen molar-refractivity contribution >= 4 is 5.91 Å². The number of nitrogens with one attached hydrogen (secondary N) is 1. The van der Waals surface area contributed by atoms with E-state index in [0.717, 1.165) is 11.1 Å². The third kappa shape index (κ3) is 4.66. The van der Waals surface area contributed by atoms with E-state index < -0.39 is 24.6 Å². The molecule has 162 valence electrons. The van der Waals surface area contributed by atoms with Crippen molar-refractivity contribution in [1.29, 1.82) is 0 Å². The first-order chi connectivity index (χ1) is 15.5. The average molecular weight is 436 g/mol. The molecule has 4 rings (SSSR count). The van der Waals surface area contributed by atoms with Crippen molar-refractivity contribution in [2.75, 3.05) is 6.61 Å². The number of ether oxygens (including phenoxy) is 1. The molecule has 0 radical (unpaired) electrons. The van der Waals surface area contributed by atoms with Gasteiger partial charge in [-0.05, 0) is 42.0 Å². The number of alkyl halides is 3. The van der Waals surface area contributed by atoms with Gasteiger partial charge in [0.05, 0.1) is 25.5 Å². The molecule has 0 spiro atoms. The smallest absolute Gasteiger partial charge is 0.278 e. The fourth-order valence-corrected chi connectivity index (χ4v) is 3.39. The number of amides is 1. The molecule has 0 saturated heterocycles. The summed E-state index contributed by atoms with van der Waals surface area (Å²) in [5.74, 6) is 5.58. The second-order valence-electron chi connectivity index (χ2n) is 7.36. The Labute approximate surface area is 183 Å². The lowest BCUT2D eigenvalue weighted by molar-refractivity contribution is -0.107. The highest BCUT2D eigenvalue weighted by molar-refractivity contribution is 5.94. The van der Waals surface area contributed by atoms with Crippen LogP contribution in [-0.2, 0) is 23.6 Å². The maximum Gasteiger partial charge on any atom is 0.278 e. The van der Waals surface area contributed by atoms with Crippen molar-refractivity contribution in [3.8, 4) is 11.8 Å². The molecule has 1 amide bonds. The second kappa shape index (κ2) is 9.25. The summed E-state index contributed by atoms with van der Waals surface area (Å²) in [6, 6.07) is 17.1. The van der Waals surface area contributed by atoms with Crippen LogP contribution in [0.1, 0.15) is 38.3 Å². The molecule has 1 aliphatic heterocycles. The van der Waals surface area contributed by atoms with E-state index in [-0.39, 0.29) is 24.3 Å². The van der Waals surface area contributed by atoms with Crippen molar-refractivity contribution < 1.29 is 22.7 Å². The van der Waals surface area contributed by atoms with Crippen molar-refractivity contribution in [3.05, 3.63) is 100 Å². The highest BCUT2D eigenvalue weighted by Gasteiger charge is 2.46. The van der Waals surface area contributed by atoms with Crippen LogP contribution in [0.3, 0.4) is 0 Å². The van der Waals surface area contributed by atoms with E-state index in [0.29, 0.717) is 11.3 Å². The molecule has 7 heteroatoms. The van der Waals surface area contributed by atoms with Crippen LogP contribution in [0.25, 0.3) is 0 Å². The zero-order chi connectivity index (χ0) is 22.6. The number of rotatable bonds is 4. The lowest BCUT2D eigenvalue weighted by Crippen LogP contribution is -2.39. The lowest BCUT2D eigenvalue weighted by atomic mass is 9.89. The van der Waals surface area contributed by atoms with Gasteiger partial charge in [-0.1, -0.05) is 36.1 Å². The van der Waals surface area contributed by atoms with Crippen LogP contribution in [0.4, 0.5) is 13.2 Å². The van der Waals surface area contributed by atoms with Gasteiger partial charge in [0, 0.05) is 28.5 Å². The fraction of sp³-hybridized carbons (Fsp3) is 0.200. The third-order valence-electron chi connectivity index (χ3n) is 5.11. The van der Waals surface area contributed by atoms with E-state index in [2.05, 4.69) is 22.1 Å². The number of carbonyl (C=O) groups is 1. The fourth-order valence-electron chi connectivity index (χ4n) is 3.39. The molecule has 2 heterocycles. The largest absolute Gasteiger partial charge is 0.373 e. The molecule has 32 heavy (non-hydrogen) atoms. The molecule has 2 aromatic carbocycles. The Kier molecular flexibility index (Phi) is 6.24. The van der Waals surface area contributed by atoms with Gasteiger partial charge in [-0.3, -0.25) is 9.78 Å². The van der Waals surface area contributed by atoms with E-state index >= 15 is 0 Å². The van der Waals surface area contributed by atoms with Gasteiger partial charge >= 0.3 is 0 Å². The topological polar surface area (TPSA) is 51.2 Å². The molecular weight excluding hydrogens is 417 g/mol. The normalized spacial score (nSPS) is 17.2. The SMILES string of the molecule is O=C(NCc1cc(C#Cc2ccccc2)ccn1)c1ccc2c(c1)[C@@](F)(C(F)F)COC2. The summed E-state index contributed by atoms with van der Waals surface area (Å²) in [5, 5.41) is 2.69. The van der Waals surface area contributed by atoms with Crippen LogP contribution in [-0.4, -0.2) is 23.9 Å². The first-order valence-electron chi connectivity index (χ1n) is 9.94. The van der Waals surface area contributed by atoms with Gasteiger partial charge in [-0.25, -0.2) is 13.2 Å². The molecule has 1 aromatic heterocycles. The lowest BCUT2D eigenvalue weighted by Gasteiger charge is -2.31. The molecule has 0 saturated carbocycles. The summed E-state index contributed by atoms with van der Waals surface area (Å²) in [6.07, 6.45) is -1.67. The van der Waals surface area contributed by atoms with Gasteiger partial charge in [0.1, 0.15) is 0 Å². The van der Waals surface area contributed by atoms with Crippen LogP contribution < -0.4 is 5.32 Å². The Balaban J connectivity index is 1.46. The molecule has 0 aliphatic carbocycles. The Morgan fingerprint density at radius 1 is 1.09 bits per heavy atom. The van der Waals surface area contributed by atoms with Gasteiger partial charge in [0.15, 0.2) is 0 Å². The minimum Gasteiger partial charge on any atom is -0.373 e. The van der Waals surface area contributed by atoms with Crippen molar-refractivity contribution in [3.63, 3.8) is 0 Å². The van der Waals surface area contributed by atoms with Gasteiger partial charge in [-0.15, -0.1) is 0 Å². The van der Waals surface area contributed by atoms with Gasteiger partial charge in [0.2, 0.25) is 5.67 Å². The summed E-state index contributed by atoms with van der Waals surface area (Å²) in [5.41, 5.74) is -0.544. The minimum absolute atomic E-state index is 0.0242. The first kappa shape index (κ1) is 21.6. The van der Waals surface area contributed by atoms with Gasteiger partial charge < -0.3 is 10.1 Å². The van der Waals surface area contributed by atoms with Crippen molar-refractivity contribution in [2.45, 2.75) is 25.2 Å². The molecule has 0 unspecified atom stereocenters. The third-order valence-corrected chi connectivity index (χ3v) is 5.11. The summed E-state index contributed by atoms with van der Waals surface area (Å²) in [7, 11) is 0. The van der Waals surface area contributed by atoms with Gasteiger partial charge in [-0.2, -0.15) is 0 Å². The summed E-state index contributed by atoms with van der Waals surface area (Å²) >= 11 is 0. The van der Waals surface area contributed by atoms with Crippen LogP contribution in [0.2, 0.25) is 0 Å². The Hall–Kier alpha value is -3.63. The number of nitrogens with zero attached hydrogens (tertiary/aromatic N) is 1. The Morgan fingerprint density at radius 2 is 1.88 bits per heavy atom. The quantitative estimate of drug-likeness (QED) is 0.618. The van der Waals surface area contributed by atoms with E-state index in [4.69, 9.17) is 4.74 Å².